The Kier molecular flexibility index (Phi) is 2.93. The van der Waals surface area contributed by atoms with Gasteiger partial charge in [0, 0.05) is 6.20 Å². The second-order valence-corrected chi connectivity index (χ2v) is 3.07. The summed E-state index contributed by atoms with van der Waals surface area (Å²) in [7, 11) is 0. The highest BCUT2D eigenvalue weighted by Crippen LogP contribution is 2.24. The monoisotopic (exact) mass is 184 g/mol. The smallest absolute Gasteiger partial charge is 0.0535 e. The lowest BCUT2D eigenvalue weighted by atomic mass is 9.92. The highest BCUT2D eigenvalue weighted by atomic mass is 35.5. The first-order valence-corrected chi connectivity index (χ1v) is 4.09. The van der Waals surface area contributed by atoms with Gasteiger partial charge < -0.3 is 5.73 Å². The van der Waals surface area contributed by atoms with Crippen LogP contribution in [0.5, 0.6) is 0 Å². The van der Waals surface area contributed by atoms with Crippen LogP contribution in [0.15, 0.2) is 12.4 Å². The largest absolute Gasteiger partial charge is 0.397 e. The maximum Gasteiger partial charge on any atom is 0.0535 e. The van der Waals surface area contributed by atoms with E-state index in [9.17, 15) is 0 Å². The van der Waals surface area contributed by atoms with Gasteiger partial charge in [-0.25, -0.2) is 0 Å². The molecule has 12 heavy (non-hydrogen) atoms. The van der Waals surface area contributed by atoms with E-state index in [1.807, 2.05) is 6.20 Å². The highest BCUT2D eigenvalue weighted by Gasteiger charge is 2.10. The molecule has 1 heterocycles. The maximum absolute atomic E-state index is 5.78. The molecule has 0 radical (unpaired) electrons. The van der Waals surface area contributed by atoms with Gasteiger partial charge in [-0.3, -0.25) is 4.98 Å². The number of aryl methyl sites for hydroxylation is 1. The van der Waals surface area contributed by atoms with E-state index in [1.165, 1.54) is 24.0 Å². The lowest BCUT2D eigenvalue weighted by molar-refractivity contribution is 0.684. The number of nitrogens with two attached hydrogens (primary N) is 1. The first-order chi connectivity index (χ1) is 5.38. The fourth-order valence-electron chi connectivity index (χ4n) is 1.69. The van der Waals surface area contributed by atoms with Crippen molar-refractivity contribution in [1.29, 1.82) is 0 Å². The van der Waals surface area contributed by atoms with E-state index in [-0.39, 0.29) is 12.4 Å². The molecule has 1 aromatic heterocycles. The number of hydrogen-bond acceptors (Lipinski definition) is 2. The summed E-state index contributed by atoms with van der Waals surface area (Å²) in [5.74, 6) is 0. The van der Waals surface area contributed by atoms with Gasteiger partial charge >= 0.3 is 0 Å². The van der Waals surface area contributed by atoms with Gasteiger partial charge in [-0.05, 0) is 36.8 Å². The predicted octanol–water partition coefficient (Wildman–Crippen LogP) is 1.96. The molecule has 0 aliphatic heterocycles. The Hall–Kier alpha value is -0.760. The summed E-state index contributed by atoms with van der Waals surface area (Å²) < 4.78 is 0. The van der Waals surface area contributed by atoms with E-state index in [4.69, 9.17) is 5.73 Å². The van der Waals surface area contributed by atoms with Crippen molar-refractivity contribution in [3.8, 4) is 0 Å². The van der Waals surface area contributed by atoms with Crippen molar-refractivity contribution in [3.05, 3.63) is 23.5 Å². The Labute approximate surface area is 78.6 Å². The van der Waals surface area contributed by atoms with Gasteiger partial charge in [0.05, 0.1) is 11.9 Å². The van der Waals surface area contributed by atoms with Crippen molar-refractivity contribution in [2.45, 2.75) is 25.7 Å². The van der Waals surface area contributed by atoms with Crippen LogP contribution < -0.4 is 5.73 Å². The zero-order valence-electron chi connectivity index (χ0n) is 6.92. The fraction of sp³-hybridized carbons (Fsp3) is 0.444. The minimum Gasteiger partial charge on any atom is -0.397 e. The van der Waals surface area contributed by atoms with Crippen molar-refractivity contribution < 1.29 is 0 Å². The Morgan fingerprint density at radius 2 is 1.92 bits per heavy atom. The number of nitrogen functional groups attached to an aromatic ring is 1. The molecule has 0 aromatic carbocycles. The first kappa shape index (κ1) is 9.33. The summed E-state index contributed by atoms with van der Waals surface area (Å²) in [5, 5.41) is 0. The molecule has 2 nitrogen and oxygen atoms in total. The summed E-state index contributed by atoms with van der Waals surface area (Å²) >= 11 is 0. The molecule has 66 valence electrons. The molecular weight excluding hydrogens is 172 g/mol. The number of hydrogen-bond donors (Lipinski definition) is 1. The summed E-state index contributed by atoms with van der Waals surface area (Å²) in [6.07, 6.45) is 8.57. The molecule has 3 heteroatoms. The molecule has 2 N–H and O–H groups in total. The SMILES string of the molecule is Cl.Nc1cncc2c1CCCC2. The molecule has 1 aliphatic rings. The summed E-state index contributed by atoms with van der Waals surface area (Å²) in [4.78, 5) is 4.07. The molecule has 0 spiro atoms. The van der Waals surface area contributed by atoms with Gasteiger partial charge in [0.2, 0.25) is 0 Å². The quantitative estimate of drug-likeness (QED) is 0.670. The normalized spacial score (nSPS) is 14.7. The molecular formula is C9H13ClN2. The second-order valence-electron chi connectivity index (χ2n) is 3.07. The van der Waals surface area contributed by atoms with Crippen LogP contribution in [-0.4, -0.2) is 4.98 Å². The molecule has 0 fully saturated rings. The van der Waals surface area contributed by atoms with Crippen molar-refractivity contribution in [2.75, 3.05) is 5.73 Å². The van der Waals surface area contributed by atoms with Crippen LogP contribution in [0.4, 0.5) is 5.69 Å². The molecule has 0 atom stereocenters. The van der Waals surface area contributed by atoms with E-state index in [1.54, 1.807) is 6.20 Å². The van der Waals surface area contributed by atoms with Crippen LogP contribution >= 0.6 is 12.4 Å². The van der Waals surface area contributed by atoms with Gasteiger partial charge in [-0.2, -0.15) is 0 Å². The molecule has 0 amide bonds. The van der Waals surface area contributed by atoms with Crippen LogP contribution in [0.3, 0.4) is 0 Å². The number of rotatable bonds is 0. The average molecular weight is 185 g/mol. The van der Waals surface area contributed by atoms with Gasteiger partial charge in [0.15, 0.2) is 0 Å². The Morgan fingerprint density at radius 3 is 2.67 bits per heavy atom. The van der Waals surface area contributed by atoms with Gasteiger partial charge in [-0.15, -0.1) is 12.4 Å². The van der Waals surface area contributed by atoms with Crippen LogP contribution in [0, 0.1) is 0 Å². The van der Waals surface area contributed by atoms with Crippen LogP contribution in [0.2, 0.25) is 0 Å². The Balaban J connectivity index is 0.000000720. The molecule has 0 saturated carbocycles. The third-order valence-corrected chi connectivity index (χ3v) is 2.30. The topological polar surface area (TPSA) is 38.9 Å². The number of aromatic nitrogens is 1. The van der Waals surface area contributed by atoms with E-state index >= 15 is 0 Å². The molecule has 1 aliphatic carbocycles. The number of halogens is 1. The summed E-state index contributed by atoms with van der Waals surface area (Å²) in [6.45, 7) is 0. The first-order valence-electron chi connectivity index (χ1n) is 4.09. The van der Waals surface area contributed by atoms with Gasteiger partial charge in [-0.1, -0.05) is 0 Å². The lowest BCUT2D eigenvalue weighted by Gasteiger charge is -2.15. The molecule has 0 bridgehead atoms. The van der Waals surface area contributed by atoms with Crippen LogP contribution in [-0.2, 0) is 12.8 Å². The van der Waals surface area contributed by atoms with E-state index in [0.717, 1.165) is 18.5 Å². The van der Waals surface area contributed by atoms with Crippen molar-refractivity contribution in [1.82, 2.24) is 4.98 Å². The number of nitrogens with zero attached hydrogens (tertiary/aromatic N) is 1. The molecule has 1 aromatic rings. The minimum atomic E-state index is 0. The van der Waals surface area contributed by atoms with Crippen molar-refractivity contribution in [3.63, 3.8) is 0 Å². The fourth-order valence-corrected chi connectivity index (χ4v) is 1.69. The predicted molar refractivity (Wildman–Crippen MR) is 52.5 cm³/mol. The van der Waals surface area contributed by atoms with Gasteiger partial charge in [0.1, 0.15) is 0 Å². The highest BCUT2D eigenvalue weighted by molar-refractivity contribution is 5.85. The standard InChI is InChI=1S/C9H12N2.ClH/c10-9-6-11-5-7-3-1-2-4-8(7)9;/h5-6H,1-4,10H2;1H. The van der Waals surface area contributed by atoms with Crippen molar-refractivity contribution >= 4 is 18.1 Å². The average Bonchev–Trinajstić information content (AvgIpc) is 2.06. The molecule has 0 unspecified atom stereocenters. The van der Waals surface area contributed by atoms with Gasteiger partial charge in [0.25, 0.3) is 0 Å². The number of pyridine rings is 1. The molecule has 0 saturated heterocycles. The van der Waals surface area contributed by atoms with Crippen LogP contribution in [0.1, 0.15) is 24.0 Å². The van der Waals surface area contributed by atoms with E-state index in [0.29, 0.717) is 0 Å². The van der Waals surface area contributed by atoms with Crippen LogP contribution in [0.25, 0.3) is 0 Å². The summed E-state index contributed by atoms with van der Waals surface area (Å²) in [5.41, 5.74) is 9.35. The number of anilines is 1. The third-order valence-electron chi connectivity index (χ3n) is 2.30. The zero-order valence-corrected chi connectivity index (χ0v) is 7.73. The van der Waals surface area contributed by atoms with E-state index < -0.39 is 0 Å². The minimum absolute atomic E-state index is 0. The molecule has 2 rings (SSSR count). The Bertz CT molecular complexity index is 273. The summed E-state index contributed by atoms with van der Waals surface area (Å²) in [6, 6.07) is 0. The lowest BCUT2D eigenvalue weighted by Crippen LogP contribution is -2.06. The maximum atomic E-state index is 5.78. The number of fused-ring (bicyclic) bond motifs is 1. The zero-order chi connectivity index (χ0) is 7.68. The Morgan fingerprint density at radius 1 is 1.17 bits per heavy atom. The third kappa shape index (κ3) is 1.53. The van der Waals surface area contributed by atoms with Crippen molar-refractivity contribution in [2.24, 2.45) is 0 Å². The van der Waals surface area contributed by atoms with E-state index in [2.05, 4.69) is 4.98 Å². The second kappa shape index (κ2) is 3.76.